The number of hydrazone groups is 1. The summed E-state index contributed by atoms with van der Waals surface area (Å²) in [6.45, 7) is 3.40. The summed E-state index contributed by atoms with van der Waals surface area (Å²) >= 11 is 0. The van der Waals surface area contributed by atoms with Crippen LogP contribution in [0.25, 0.3) is 0 Å². The zero-order valence-electron chi connectivity index (χ0n) is 16.8. The van der Waals surface area contributed by atoms with Gasteiger partial charge in [0, 0.05) is 0 Å². The summed E-state index contributed by atoms with van der Waals surface area (Å²) in [7, 11) is -3.96. The van der Waals surface area contributed by atoms with Crippen LogP contribution in [0.2, 0.25) is 0 Å². The molecule has 156 valence electrons. The molecule has 8 heteroatoms. The number of nitrogens with one attached hydrogen (secondary N) is 1. The van der Waals surface area contributed by atoms with Gasteiger partial charge in [-0.15, -0.1) is 0 Å². The predicted octanol–water partition coefficient (Wildman–Crippen LogP) is 3.50. The van der Waals surface area contributed by atoms with E-state index >= 15 is 0 Å². The molecule has 0 aliphatic carbocycles. The molecule has 0 saturated heterocycles. The second-order valence-electron chi connectivity index (χ2n) is 6.62. The number of hydrogen-bond acceptors (Lipinski definition) is 5. The number of rotatable bonds is 8. The SMILES string of the molecule is CCc1ccccc1N(CC(=O)N/N=C/c1ccco1)S(=O)(=O)c1ccc(C)cc1. The first-order valence-corrected chi connectivity index (χ1v) is 10.9. The molecule has 0 atom stereocenters. The number of sulfonamides is 1. The van der Waals surface area contributed by atoms with E-state index in [2.05, 4.69) is 10.5 Å². The third kappa shape index (κ3) is 4.96. The number of aryl methyl sites for hydroxylation is 2. The zero-order valence-corrected chi connectivity index (χ0v) is 17.6. The number of furan rings is 1. The van der Waals surface area contributed by atoms with Crippen molar-refractivity contribution < 1.29 is 17.6 Å². The molecule has 0 saturated carbocycles. The van der Waals surface area contributed by atoms with Crippen LogP contribution in [-0.4, -0.2) is 27.1 Å². The van der Waals surface area contributed by atoms with Crippen molar-refractivity contribution in [2.45, 2.75) is 25.2 Å². The van der Waals surface area contributed by atoms with E-state index in [9.17, 15) is 13.2 Å². The van der Waals surface area contributed by atoms with Crippen molar-refractivity contribution in [2.75, 3.05) is 10.8 Å². The first kappa shape index (κ1) is 21.3. The second-order valence-corrected chi connectivity index (χ2v) is 8.48. The summed E-state index contributed by atoms with van der Waals surface area (Å²) in [5.41, 5.74) is 4.58. The monoisotopic (exact) mass is 425 g/mol. The van der Waals surface area contributed by atoms with Gasteiger partial charge in [0.1, 0.15) is 12.3 Å². The Morgan fingerprint density at radius 1 is 1.10 bits per heavy atom. The molecule has 3 aromatic rings. The van der Waals surface area contributed by atoms with Crippen LogP contribution in [0.4, 0.5) is 5.69 Å². The summed E-state index contributed by atoms with van der Waals surface area (Å²) < 4.78 is 33.0. The summed E-state index contributed by atoms with van der Waals surface area (Å²) in [4.78, 5) is 12.6. The van der Waals surface area contributed by atoms with Gasteiger partial charge in [0.25, 0.3) is 15.9 Å². The highest BCUT2D eigenvalue weighted by atomic mass is 32.2. The molecule has 0 bridgehead atoms. The summed E-state index contributed by atoms with van der Waals surface area (Å²) in [5, 5.41) is 3.83. The molecular formula is C22H23N3O4S. The van der Waals surface area contributed by atoms with Gasteiger partial charge in [0.05, 0.1) is 23.1 Å². The van der Waals surface area contributed by atoms with Crippen LogP contribution in [-0.2, 0) is 21.2 Å². The standard InChI is InChI=1S/C22H23N3O4S/c1-3-18-7-4-5-9-21(18)25(30(27,28)20-12-10-17(2)11-13-20)16-22(26)24-23-15-19-8-6-14-29-19/h4-15H,3,16H2,1-2H3,(H,24,26)/b23-15+. The van der Waals surface area contributed by atoms with Crippen molar-refractivity contribution in [3.8, 4) is 0 Å². The average molecular weight is 426 g/mol. The van der Waals surface area contributed by atoms with Gasteiger partial charge in [-0.3, -0.25) is 9.10 Å². The fourth-order valence-electron chi connectivity index (χ4n) is 2.89. The van der Waals surface area contributed by atoms with E-state index in [-0.39, 0.29) is 4.90 Å². The number of para-hydroxylation sites is 1. The van der Waals surface area contributed by atoms with Gasteiger partial charge in [-0.25, -0.2) is 13.8 Å². The Balaban J connectivity index is 1.91. The maximum absolute atomic E-state index is 13.4. The number of nitrogens with zero attached hydrogens (tertiary/aromatic N) is 2. The fourth-order valence-corrected chi connectivity index (χ4v) is 4.35. The van der Waals surface area contributed by atoms with E-state index in [1.54, 1.807) is 48.5 Å². The fraction of sp³-hybridized carbons (Fsp3) is 0.182. The quantitative estimate of drug-likeness (QED) is 0.442. The molecule has 0 unspecified atom stereocenters. The lowest BCUT2D eigenvalue weighted by Gasteiger charge is -2.25. The van der Waals surface area contributed by atoms with Gasteiger partial charge in [0.2, 0.25) is 0 Å². The third-order valence-corrected chi connectivity index (χ3v) is 6.24. The van der Waals surface area contributed by atoms with Crippen molar-refractivity contribution in [2.24, 2.45) is 5.10 Å². The molecule has 1 N–H and O–H groups in total. The molecule has 0 aliphatic heterocycles. The van der Waals surface area contributed by atoms with E-state index in [0.717, 1.165) is 15.4 Å². The third-order valence-electron chi connectivity index (χ3n) is 4.46. The van der Waals surface area contributed by atoms with Crippen molar-refractivity contribution >= 4 is 27.8 Å². The minimum Gasteiger partial charge on any atom is -0.463 e. The maximum Gasteiger partial charge on any atom is 0.264 e. The summed E-state index contributed by atoms with van der Waals surface area (Å²) in [5.74, 6) is -0.102. The molecule has 0 radical (unpaired) electrons. The summed E-state index contributed by atoms with van der Waals surface area (Å²) in [6.07, 6.45) is 3.45. The lowest BCUT2D eigenvalue weighted by molar-refractivity contribution is -0.119. The molecule has 30 heavy (non-hydrogen) atoms. The molecule has 3 rings (SSSR count). The van der Waals surface area contributed by atoms with Crippen LogP contribution >= 0.6 is 0 Å². The van der Waals surface area contributed by atoms with Crippen molar-refractivity contribution in [1.29, 1.82) is 0 Å². The van der Waals surface area contributed by atoms with Crippen LogP contribution in [0.15, 0.2) is 81.3 Å². The van der Waals surface area contributed by atoms with Gasteiger partial charge < -0.3 is 4.42 Å². The Kier molecular flexibility index (Phi) is 6.68. The number of benzene rings is 2. The van der Waals surface area contributed by atoms with Gasteiger partial charge in [-0.2, -0.15) is 5.10 Å². The highest BCUT2D eigenvalue weighted by molar-refractivity contribution is 7.92. The Morgan fingerprint density at radius 3 is 2.50 bits per heavy atom. The Bertz CT molecular complexity index is 1120. The highest BCUT2D eigenvalue weighted by Gasteiger charge is 2.28. The normalized spacial score (nSPS) is 11.5. The second kappa shape index (κ2) is 9.41. The van der Waals surface area contributed by atoms with E-state index < -0.39 is 22.5 Å². The zero-order chi connectivity index (χ0) is 21.6. The Hall–Kier alpha value is -3.39. The van der Waals surface area contributed by atoms with E-state index in [1.165, 1.54) is 12.5 Å². The van der Waals surface area contributed by atoms with Gasteiger partial charge >= 0.3 is 0 Å². The molecular weight excluding hydrogens is 402 g/mol. The topological polar surface area (TPSA) is 92.0 Å². The minimum absolute atomic E-state index is 0.117. The molecule has 2 aromatic carbocycles. The van der Waals surface area contributed by atoms with Crippen molar-refractivity contribution in [1.82, 2.24) is 5.43 Å². The first-order chi connectivity index (χ1) is 14.4. The van der Waals surface area contributed by atoms with Crippen molar-refractivity contribution in [3.63, 3.8) is 0 Å². The molecule has 0 fully saturated rings. The van der Waals surface area contributed by atoms with Gasteiger partial charge in [-0.05, 0) is 49.2 Å². The average Bonchev–Trinajstić information content (AvgIpc) is 3.26. The number of amides is 1. The number of hydrogen-bond donors (Lipinski definition) is 1. The van der Waals surface area contributed by atoms with Gasteiger partial charge in [-0.1, -0.05) is 42.8 Å². The number of carbonyl (C=O) groups excluding carboxylic acids is 1. The maximum atomic E-state index is 13.4. The Morgan fingerprint density at radius 2 is 1.83 bits per heavy atom. The largest absolute Gasteiger partial charge is 0.463 e. The number of anilines is 1. The van der Waals surface area contributed by atoms with Crippen LogP contribution in [0.5, 0.6) is 0 Å². The van der Waals surface area contributed by atoms with Crippen LogP contribution in [0.1, 0.15) is 23.8 Å². The van der Waals surface area contributed by atoms with Crippen LogP contribution in [0, 0.1) is 6.92 Å². The van der Waals surface area contributed by atoms with E-state index in [1.807, 2.05) is 26.0 Å². The molecule has 0 spiro atoms. The van der Waals surface area contributed by atoms with Crippen LogP contribution < -0.4 is 9.73 Å². The molecule has 1 heterocycles. The van der Waals surface area contributed by atoms with Crippen LogP contribution in [0.3, 0.4) is 0 Å². The Labute approximate surface area is 176 Å². The smallest absolute Gasteiger partial charge is 0.264 e. The molecule has 0 aliphatic rings. The molecule has 1 amide bonds. The van der Waals surface area contributed by atoms with E-state index in [4.69, 9.17) is 4.42 Å². The predicted molar refractivity (Wildman–Crippen MR) is 116 cm³/mol. The van der Waals surface area contributed by atoms with E-state index in [0.29, 0.717) is 17.9 Å². The first-order valence-electron chi connectivity index (χ1n) is 9.44. The summed E-state index contributed by atoms with van der Waals surface area (Å²) in [6, 6.07) is 17.0. The molecule has 7 nitrogen and oxygen atoms in total. The lowest BCUT2D eigenvalue weighted by Crippen LogP contribution is -2.40. The molecule has 1 aromatic heterocycles. The van der Waals surface area contributed by atoms with Crippen molar-refractivity contribution in [3.05, 3.63) is 83.8 Å². The highest BCUT2D eigenvalue weighted by Crippen LogP contribution is 2.27. The number of carbonyl (C=O) groups is 1. The van der Waals surface area contributed by atoms with Gasteiger partial charge in [0.15, 0.2) is 0 Å². The lowest BCUT2D eigenvalue weighted by atomic mass is 10.1. The minimum atomic E-state index is -3.96.